The van der Waals surface area contributed by atoms with Gasteiger partial charge in [-0.05, 0) is 30.3 Å². The zero-order valence-corrected chi connectivity index (χ0v) is 20.3. The molecule has 6 rings (SSSR count). The topological polar surface area (TPSA) is 90.4 Å². The number of aromatic nitrogens is 3. The average Bonchev–Trinajstić information content (AvgIpc) is 3.27. The lowest BCUT2D eigenvalue weighted by atomic mass is 9.98. The molecule has 0 saturated heterocycles. The summed E-state index contributed by atoms with van der Waals surface area (Å²) in [6.45, 7) is 0. The quantitative estimate of drug-likeness (QED) is 0.392. The van der Waals surface area contributed by atoms with E-state index in [-0.39, 0.29) is 22.4 Å². The number of phenols is 1. The molecule has 2 N–H and O–H groups in total. The minimum absolute atomic E-state index is 0.0796. The second-order valence-electron chi connectivity index (χ2n) is 8.97. The van der Waals surface area contributed by atoms with Crippen molar-refractivity contribution in [1.82, 2.24) is 13.7 Å². The summed E-state index contributed by atoms with van der Waals surface area (Å²) in [5.41, 5.74) is 2.24. The zero-order valence-electron chi connectivity index (χ0n) is 20.3. The molecule has 0 unspecified atom stereocenters. The van der Waals surface area contributed by atoms with Crippen molar-refractivity contribution in [3.05, 3.63) is 105 Å². The minimum atomic E-state index is -0.703. The molecule has 0 spiro atoms. The van der Waals surface area contributed by atoms with Crippen molar-refractivity contribution in [3.8, 4) is 28.4 Å². The number of methoxy groups -OCH3 is 1. The van der Waals surface area contributed by atoms with E-state index in [2.05, 4.69) is 5.32 Å². The van der Waals surface area contributed by atoms with Crippen molar-refractivity contribution in [2.45, 2.75) is 6.04 Å². The Morgan fingerprint density at radius 1 is 0.946 bits per heavy atom. The Morgan fingerprint density at radius 3 is 2.43 bits per heavy atom. The second-order valence-corrected chi connectivity index (χ2v) is 8.97. The number of ether oxygens (including phenoxy) is 1. The molecule has 0 amide bonds. The van der Waals surface area contributed by atoms with Gasteiger partial charge in [0.05, 0.1) is 46.8 Å². The molecule has 3 heterocycles. The molecule has 3 aromatic carbocycles. The molecule has 1 aliphatic rings. The van der Waals surface area contributed by atoms with E-state index in [1.54, 1.807) is 43.4 Å². The Bertz CT molecular complexity index is 1850. The van der Waals surface area contributed by atoms with Crippen LogP contribution in [-0.4, -0.2) is 25.9 Å². The molecule has 37 heavy (non-hydrogen) atoms. The number of hydrogen-bond acceptors (Lipinski definition) is 5. The molecular weight excluding hydrogens is 475 g/mol. The van der Waals surface area contributed by atoms with Gasteiger partial charge in [-0.2, -0.15) is 0 Å². The van der Waals surface area contributed by atoms with Gasteiger partial charge in [-0.1, -0.05) is 36.4 Å². The highest BCUT2D eigenvalue weighted by molar-refractivity contribution is 5.99. The van der Waals surface area contributed by atoms with Gasteiger partial charge in [0.25, 0.3) is 5.56 Å². The standard InChI is InChI=1S/C28H23FN4O4/c1-31-24-21(27(35)32(2)28(31)36)23(15-9-4-5-11-17(15)29)33-19-13-7-6-12-18(19)30-22(25(24)33)16-10-8-14-20(37-3)26(16)34/h4-14,22,30,34H,1-3H3/t22-/m0/s1. The molecule has 9 heteroatoms. The van der Waals surface area contributed by atoms with Crippen LogP contribution in [0.5, 0.6) is 11.5 Å². The summed E-state index contributed by atoms with van der Waals surface area (Å²) in [4.78, 5) is 26.8. The van der Waals surface area contributed by atoms with E-state index >= 15 is 4.39 Å². The Kier molecular flexibility index (Phi) is 4.98. The zero-order chi connectivity index (χ0) is 26.0. The molecule has 186 valence electrons. The third-order valence-corrected chi connectivity index (χ3v) is 7.02. The number of anilines is 1. The van der Waals surface area contributed by atoms with E-state index in [9.17, 15) is 14.7 Å². The molecule has 0 radical (unpaired) electrons. The number of aromatic hydroxyl groups is 1. The van der Waals surface area contributed by atoms with Crippen LogP contribution in [0, 0.1) is 5.82 Å². The normalized spacial score (nSPS) is 14.2. The van der Waals surface area contributed by atoms with Crippen LogP contribution in [0.1, 0.15) is 17.3 Å². The number of aryl methyl sites for hydroxylation is 1. The molecule has 8 nitrogen and oxygen atoms in total. The predicted molar refractivity (Wildman–Crippen MR) is 139 cm³/mol. The lowest BCUT2D eigenvalue weighted by molar-refractivity contribution is 0.370. The molecule has 2 aromatic heterocycles. The van der Waals surface area contributed by atoms with Gasteiger partial charge in [-0.15, -0.1) is 0 Å². The first-order chi connectivity index (χ1) is 17.8. The van der Waals surface area contributed by atoms with Crippen LogP contribution in [-0.2, 0) is 14.1 Å². The fraction of sp³-hybridized carbons (Fsp3) is 0.143. The van der Waals surface area contributed by atoms with Crippen LogP contribution in [0.25, 0.3) is 27.8 Å². The fourth-order valence-electron chi connectivity index (χ4n) is 5.30. The first kappa shape index (κ1) is 22.7. The third kappa shape index (κ3) is 3.07. The lowest BCUT2D eigenvalue weighted by Crippen LogP contribution is -2.37. The third-order valence-electron chi connectivity index (χ3n) is 7.02. The Balaban J connectivity index is 1.88. The molecule has 0 fully saturated rings. The first-order valence-electron chi connectivity index (χ1n) is 11.7. The number of phenolic OH excluding ortho intramolecular Hbond substituents is 1. The summed E-state index contributed by atoms with van der Waals surface area (Å²) < 4.78 is 24.9. The van der Waals surface area contributed by atoms with Gasteiger partial charge in [0.1, 0.15) is 5.82 Å². The van der Waals surface area contributed by atoms with Crippen molar-refractivity contribution in [3.63, 3.8) is 0 Å². The number of para-hydroxylation sites is 3. The number of benzene rings is 3. The molecule has 0 saturated carbocycles. The number of fused-ring (bicyclic) bond motifs is 5. The molecular formula is C28H23FN4O4. The summed E-state index contributed by atoms with van der Waals surface area (Å²) in [5.74, 6) is -0.304. The van der Waals surface area contributed by atoms with Crippen LogP contribution in [0.2, 0.25) is 0 Å². The maximum Gasteiger partial charge on any atom is 0.331 e. The SMILES string of the molecule is COc1cccc([C@@H]2Nc3ccccc3-n3c(-c4ccccc4F)c4c(=O)n(C)c(=O)n(C)c4c32)c1O. The minimum Gasteiger partial charge on any atom is -0.504 e. The van der Waals surface area contributed by atoms with E-state index in [4.69, 9.17) is 4.74 Å². The number of nitrogens with zero attached hydrogens (tertiary/aromatic N) is 3. The number of nitrogens with one attached hydrogen (secondary N) is 1. The van der Waals surface area contributed by atoms with E-state index in [0.717, 1.165) is 4.57 Å². The molecule has 0 aliphatic carbocycles. The maximum atomic E-state index is 15.4. The van der Waals surface area contributed by atoms with Crippen molar-refractivity contribution >= 4 is 16.6 Å². The predicted octanol–water partition coefficient (Wildman–Crippen LogP) is 4.06. The van der Waals surface area contributed by atoms with Crippen LogP contribution in [0.4, 0.5) is 10.1 Å². The van der Waals surface area contributed by atoms with Gasteiger partial charge in [0.15, 0.2) is 11.5 Å². The van der Waals surface area contributed by atoms with Crippen molar-refractivity contribution < 1.29 is 14.2 Å². The highest BCUT2D eigenvalue weighted by Crippen LogP contribution is 2.48. The monoisotopic (exact) mass is 498 g/mol. The van der Waals surface area contributed by atoms with Gasteiger partial charge >= 0.3 is 5.69 Å². The van der Waals surface area contributed by atoms with Gasteiger partial charge in [-0.3, -0.25) is 13.9 Å². The molecule has 1 aliphatic heterocycles. The largest absolute Gasteiger partial charge is 0.504 e. The van der Waals surface area contributed by atoms with Gasteiger partial charge in [-0.25, -0.2) is 9.18 Å². The Morgan fingerprint density at radius 2 is 1.68 bits per heavy atom. The highest BCUT2D eigenvalue weighted by atomic mass is 19.1. The summed E-state index contributed by atoms with van der Waals surface area (Å²) >= 11 is 0. The van der Waals surface area contributed by atoms with Crippen LogP contribution < -0.4 is 21.3 Å². The Labute approximate surface area is 210 Å². The average molecular weight is 499 g/mol. The van der Waals surface area contributed by atoms with E-state index in [0.29, 0.717) is 33.8 Å². The second kappa shape index (κ2) is 8.12. The van der Waals surface area contributed by atoms with Crippen molar-refractivity contribution in [2.24, 2.45) is 14.1 Å². The molecule has 1 atom stereocenters. The number of rotatable bonds is 3. The van der Waals surface area contributed by atoms with Crippen LogP contribution in [0.3, 0.4) is 0 Å². The van der Waals surface area contributed by atoms with Crippen molar-refractivity contribution in [2.75, 3.05) is 12.4 Å². The van der Waals surface area contributed by atoms with E-state index in [1.807, 2.05) is 28.8 Å². The number of halogens is 1. The summed E-state index contributed by atoms with van der Waals surface area (Å²) in [5, 5.41) is 14.8. The lowest BCUT2D eigenvalue weighted by Gasteiger charge is -2.31. The van der Waals surface area contributed by atoms with Gasteiger partial charge < -0.3 is 19.7 Å². The van der Waals surface area contributed by atoms with E-state index in [1.165, 1.54) is 24.8 Å². The van der Waals surface area contributed by atoms with Crippen LogP contribution >= 0.6 is 0 Å². The van der Waals surface area contributed by atoms with Crippen LogP contribution in [0.15, 0.2) is 76.3 Å². The van der Waals surface area contributed by atoms with Gasteiger partial charge in [0, 0.05) is 25.2 Å². The summed E-state index contributed by atoms with van der Waals surface area (Å²) in [6.07, 6.45) is 0. The van der Waals surface area contributed by atoms with Gasteiger partial charge in [0.2, 0.25) is 0 Å². The molecule has 5 aromatic rings. The fourth-order valence-corrected chi connectivity index (χ4v) is 5.30. The van der Waals surface area contributed by atoms with Crippen molar-refractivity contribution in [1.29, 1.82) is 0 Å². The summed E-state index contributed by atoms with van der Waals surface area (Å²) in [6, 6.07) is 18.1. The first-order valence-corrected chi connectivity index (χ1v) is 11.7. The highest BCUT2D eigenvalue weighted by Gasteiger charge is 2.36. The summed E-state index contributed by atoms with van der Waals surface area (Å²) in [7, 11) is 4.45. The van der Waals surface area contributed by atoms with E-state index < -0.39 is 23.1 Å². The number of hydrogen-bond donors (Lipinski definition) is 2. The molecule has 0 bridgehead atoms. The Hall–Kier alpha value is -4.79. The maximum absolute atomic E-state index is 15.4. The smallest absolute Gasteiger partial charge is 0.331 e.